The average Bonchev–Trinajstić information content (AvgIpc) is 3.35. The van der Waals surface area contributed by atoms with Gasteiger partial charge in [0.15, 0.2) is 29.6 Å². The van der Waals surface area contributed by atoms with Gasteiger partial charge in [0.1, 0.15) is 24.1 Å². The molecule has 2 aliphatic heterocycles. The van der Waals surface area contributed by atoms with Crippen molar-refractivity contribution in [3.8, 4) is 0 Å². The molecule has 0 spiro atoms. The number of hydrogen-bond acceptors (Lipinski definition) is 8. The van der Waals surface area contributed by atoms with Crippen molar-refractivity contribution in [3.63, 3.8) is 0 Å². The van der Waals surface area contributed by atoms with E-state index in [4.69, 9.17) is 19.9 Å². The minimum Gasteiger partial charge on any atom is -0.382 e. The first kappa shape index (κ1) is 20.6. The number of ether oxygens (including phenoxy) is 3. The van der Waals surface area contributed by atoms with Gasteiger partial charge < -0.3 is 25.3 Å². The largest absolute Gasteiger partial charge is 0.382 e. The molecule has 3 fully saturated rings. The van der Waals surface area contributed by atoms with E-state index in [0.717, 1.165) is 25.7 Å². The molecule has 2 aromatic rings. The summed E-state index contributed by atoms with van der Waals surface area (Å²) in [6, 6.07) is 0.172. The van der Waals surface area contributed by atoms with Gasteiger partial charge in [0.05, 0.1) is 6.33 Å². The normalized spacial score (nSPS) is 31.3. The molecule has 4 atom stereocenters. The summed E-state index contributed by atoms with van der Waals surface area (Å²) < 4.78 is 20.2. The molecule has 5 rings (SSSR count). The molecular weight excluding hydrogens is 400 g/mol. The van der Waals surface area contributed by atoms with E-state index in [0.29, 0.717) is 17.0 Å². The van der Waals surface area contributed by atoms with Crippen LogP contribution in [0.15, 0.2) is 12.7 Å². The number of nitrogens with one attached hydrogen (secondary N) is 1. The zero-order valence-electron chi connectivity index (χ0n) is 18.0. The number of amides is 1. The molecule has 10 heteroatoms. The highest BCUT2D eigenvalue weighted by Crippen LogP contribution is 2.44. The number of imidazole rings is 1. The lowest BCUT2D eigenvalue weighted by Gasteiger charge is -2.26. The Labute approximate surface area is 180 Å². The van der Waals surface area contributed by atoms with Crippen molar-refractivity contribution in [2.24, 2.45) is 0 Å². The Hall–Kier alpha value is -2.30. The fourth-order valence-corrected chi connectivity index (χ4v) is 4.95. The highest BCUT2D eigenvalue weighted by atomic mass is 16.8. The Morgan fingerprint density at radius 2 is 1.81 bits per heavy atom. The van der Waals surface area contributed by atoms with Crippen LogP contribution in [0.25, 0.3) is 11.2 Å². The van der Waals surface area contributed by atoms with E-state index in [1.165, 1.54) is 25.6 Å². The van der Waals surface area contributed by atoms with Crippen molar-refractivity contribution in [3.05, 3.63) is 12.7 Å². The van der Waals surface area contributed by atoms with Crippen LogP contribution in [0.5, 0.6) is 0 Å². The minimum atomic E-state index is -0.819. The maximum absolute atomic E-state index is 13.3. The van der Waals surface area contributed by atoms with E-state index in [2.05, 4.69) is 20.3 Å². The summed E-state index contributed by atoms with van der Waals surface area (Å²) in [6.45, 7) is 3.69. The lowest BCUT2D eigenvalue weighted by molar-refractivity contribution is -0.197. The van der Waals surface area contributed by atoms with Gasteiger partial charge in [0, 0.05) is 6.04 Å². The predicted molar refractivity (Wildman–Crippen MR) is 112 cm³/mol. The van der Waals surface area contributed by atoms with Crippen LogP contribution >= 0.6 is 0 Å². The van der Waals surface area contributed by atoms with Crippen molar-refractivity contribution in [2.75, 3.05) is 5.73 Å². The fraction of sp³-hybridized carbons (Fsp3) is 0.714. The summed E-state index contributed by atoms with van der Waals surface area (Å²) >= 11 is 0. The molecule has 1 amide bonds. The number of aromatic nitrogens is 4. The SMILES string of the molecule is CC1(C)O[C@@H]2[C@H](O1)[C@@H](C(=O)NC1CCCCCCC1)O[C@H]2n1cnc2c(N)ncnc21. The second-order valence-corrected chi connectivity index (χ2v) is 9.15. The molecule has 3 aliphatic rings. The van der Waals surface area contributed by atoms with Crippen LogP contribution in [-0.2, 0) is 19.0 Å². The Balaban J connectivity index is 1.40. The van der Waals surface area contributed by atoms with Crippen molar-refractivity contribution >= 4 is 22.9 Å². The van der Waals surface area contributed by atoms with E-state index in [-0.39, 0.29) is 11.9 Å². The smallest absolute Gasteiger partial charge is 0.252 e. The van der Waals surface area contributed by atoms with Gasteiger partial charge in [-0.2, -0.15) is 0 Å². The van der Waals surface area contributed by atoms with Crippen LogP contribution in [0.2, 0.25) is 0 Å². The fourth-order valence-electron chi connectivity index (χ4n) is 4.95. The molecule has 2 aromatic heterocycles. The number of carbonyl (C=O) groups excluding carboxylic acids is 1. The van der Waals surface area contributed by atoms with Crippen molar-refractivity contribution in [1.82, 2.24) is 24.8 Å². The van der Waals surface area contributed by atoms with Crippen molar-refractivity contribution in [2.45, 2.75) is 95.2 Å². The van der Waals surface area contributed by atoms with E-state index in [9.17, 15) is 4.79 Å². The van der Waals surface area contributed by atoms with Crippen molar-refractivity contribution < 1.29 is 19.0 Å². The van der Waals surface area contributed by atoms with Crippen LogP contribution in [0, 0.1) is 0 Å². The van der Waals surface area contributed by atoms with Gasteiger partial charge >= 0.3 is 0 Å². The summed E-state index contributed by atoms with van der Waals surface area (Å²) in [4.78, 5) is 25.9. The minimum absolute atomic E-state index is 0.150. The highest BCUT2D eigenvalue weighted by Gasteiger charge is 2.58. The van der Waals surface area contributed by atoms with Crippen LogP contribution in [0.3, 0.4) is 0 Å². The zero-order chi connectivity index (χ0) is 21.6. The Morgan fingerprint density at radius 3 is 2.58 bits per heavy atom. The van der Waals surface area contributed by atoms with Crippen LogP contribution in [0.1, 0.15) is 65.0 Å². The molecule has 1 saturated carbocycles. The quantitative estimate of drug-likeness (QED) is 0.758. The number of nitrogens with zero attached hydrogens (tertiary/aromatic N) is 4. The molecule has 0 bridgehead atoms. The van der Waals surface area contributed by atoms with Crippen LogP contribution in [0.4, 0.5) is 5.82 Å². The monoisotopic (exact) mass is 430 g/mol. The first-order chi connectivity index (χ1) is 14.9. The predicted octanol–water partition coefficient (Wildman–Crippen LogP) is 2.06. The number of hydrogen-bond donors (Lipinski definition) is 2. The number of nitrogens with two attached hydrogens (primary N) is 1. The molecule has 0 unspecified atom stereocenters. The van der Waals surface area contributed by atoms with Gasteiger partial charge in [-0.1, -0.05) is 32.1 Å². The van der Waals surface area contributed by atoms with E-state index in [1.807, 2.05) is 13.8 Å². The molecule has 0 aromatic carbocycles. The number of anilines is 1. The molecule has 4 heterocycles. The number of fused-ring (bicyclic) bond motifs is 2. The first-order valence-corrected chi connectivity index (χ1v) is 11.2. The summed E-state index contributed by atoms with van der Waals surface area (Å²) in [5.74, 6) is -0.677. The molecule has 3 N–H and O–H groups in total. The summed E-state index contributed by atoms with van der Waals surface area (Å²) in [7, 11) is 0. The van der Waals surface area contributed by atoms with Gasteiger partial charge in [-0.15, -0.1) is 0 Å². The third kappa shape index (κ3) is 3.88. The van der Waals surface area contributed by atoms with Gasteiger partial charge in [-0.25, -0.2) is 15.0 Å². The second-order valence-electron chi connectivity index (χ2n) is 9.15. The first-order valence-electron chi connectivity index (χ1n) is 11.2. The Morgan fingerprint density at radius 1 is 1.10 bits per heavy atom. The maximum Gasteiger partial charge on any atom is 0.252 e. The topological polar surface area (TPSA) is 126 Å². The van der Waals surface area contributed by atoms with Crippen molar-refractivity contribution in [1.29, 1.82) is 0 Å². The molecular formula is C21H30N6O4. The zero-order valence-corrected chi connectivity index (χ0v) is 18.0. The van der Waals surface area contributed by atoms with Gasteiger partial charge in [-0.3, -0.25) is 9.36 Å². The van der Waals surface area contributed by atoms with E-state index < -0.39 is 30.3 Å². The molecule has 168 valence electrons. The van der Waals surface area contributed by atoms with Crippen LogP contribution in [-0.4, -0.2) is 55.6 Å². The second kappa shape index (κ2) is 7.99. The molecule has 1 aliphatic carbocycles. The summed E-state index contributed by atoms with van der Waals surface area (Å²) in [6.07, 6.45) is 8.61. The molecule has 31 heavy (non-hydrogen) atoms. The standard InChI is InChI=1S/C21H30N6O4/c1-21(2)30-14-15(19(28)26-12-8-6-4-3-5-7-9-12)29-20(16(14)31-21)27-11-25-13-17(22)23-10-24-18(13)27/h10-12,14-16,20H,3-9H2,1-2H3,(H,26,28)(H2,22,23,24)/t14-,15+,16-,20-/m1/s1. The number of rotatable bonds is 3. The summed E-state index contributed by atoms with van der Waals surface area (Å²) in [5.41, 5.74) is 6.96. The van der Waals surface area contributed by atoms with Gasteiger partial charge in [-0.05, 0) is 26.7 Å². The molecule has 2 saturated heterocycles. The average molecular weight is 431 g/mol. The highest BCUT2D eigenvalue weighted by molar-refractivity contribution is 5.83. The molecule has 0 radical (unpaired) electrons. The third-order valence-corrected chi connectivity index (χ3v) is 6.40. The van der Waals surface area contributed by atoms with Crippen LogP contribution < -0.4 is 11.1 Å². The lowest BCUT2D eigenvalue weighted by atomic mass is 9.96. The summed E-state index contributed by atoms with van der Waals surface area (Å²) in [5, 5.41) is 3.21. The Kier molecular flexibility index (Phi) is 5.31. The lowest BCUT2D eigenvalue weighted by Crippen LogP contribution is -2.46. The maximum atomic E-state index is 13.3. The Bertz CT molecular complexity index is 954. The third-order valence-electron chi connectivity index (χ3n) is 6.40. The van der Waals surface area contributed by atoms with E-state index >= 15 is 0 Å². The van der Waals surface area contributed by atoms with E-state index in [1.54, 1.807) is 10.9 Å². The number of nitrogen functional groups attached to an aromatic ring is 1. The number of carbonyl (C=O) groups is 1. The van der Waals surface area contributed by atoms with Gasteiger partial charge in [0.2, 0.25) is 0 Å². The van der Waals surface area contributed by atoms with Gasteiger partial charge in [0.25, 0.3) is 5.91 Å². The molecule has 10 nitrogen and oxygen atoms in total.